The number of carbonyl (C=O) groups excluding carboxylic acids is 2. The molecule has 0 radical (unpaired) electrons. The number of alkyl carbamates (subject to hydrolysis) is 1. The summed E-state index contributed by atoms with van der Waals surface area (Å²) < 4.78 is 34.5. The first-order chi connectivity index (χ1) is 6.79. The second-order valence-corrected chi connectivity index (χ2v) is 4.26. The predicted octanol–water partition coefficient (Wildman–Crippen LogP) is -1.26. The van der Waals surface area contributed by atoms with Gasteiger partial charge in [0.1, 0.15) is 6.04 Å². The molecule has 1 aliphatic rings. The maximum Gasteiger partial charge on any atom is 0.407 e. The van der Waals surface area contributed by atoms with Gasteiger partial charge in [-0.1, -0.05) is 0 Å². The standard InChI is InChI=1S/C6H10N2O6S/c1-3-4(7-6(10)14-2)5(9)8(3)15(11,12)13/h3-4H,1-2H3,(H,7,10)(H,11,12,13)/t3-,4-/m0/s1. The number of carbonyl (C=O) groups is 2. The Kier molecular flexibility index (Phi) is 2.86. The molecule has 0 aromatic carbocycles. The van der Waals surface area contributed by atoms with Gasteiger partial charge in [0.05, 0.1) is 13.2 Å². The summed E-state index contributed by atoms with van der Waals surface area (Å²) in [5, 5.41) is 2.14. The number of rotatable bonds is 2. The maximum absolute atomic E-state index is 11.2. The Morgan fingerprint density at radius 1 is 1.60 bits per heavy atom. The molecular formula is C6H10N2O6S. The highest BCUT2D eigenvalue weighted by atomic mass is 32.2. The Hall–Kier alpha value is -1.35. The Morgan fingerprint density at radius 2 is 2.13 bits per heavy atom. The zero-order valence-corrected chi connectivity index (χ0v) is 8.82. The van der Waals surface area contributed by atoms with Crippen LogP contribution in [0, 0.1) is 0 Å². The predicted molar refractivity (Wildman–Crippen MR) is 47.2 cm³/mol. The van der Waals surface area contributed by atoms with Gasteiger partial charge in [-0.15, -0.1) is 0 Å². The molecule has 1 heterocycles. The minimum absolute atomic E-state index is 0.285. The lowest BCUT2D eigenvalue weighted by molar-refractivity contribution is -0.141. The zero-order valence-electron chi connectivity index (χ0n) is 8.00. The fourth-order valence-corrected chi connectivity index (χ4v) is 2.17. The third-order valence-corrected chi connectivity index (χ3v) is 3.05. The van der Waals surface area contributed by atoms with E-state index in [1.54, 1.807) is 0 Å². The van der Waals surface area contributed by atoms with Crippen molar-refractivity contribution >= 4 is 22.3 Å². The van der Waals surface area contributed by atoms with Crippen LogP contribution in [0.5, 0.6) is 0 Å². The molecule has 1 aliphatic heterocycles. The van der Waals surface area contributed by atoms with Crippen LogP contribution in [0.25, 0.3) is 0 Å². The third kappa shape index (κ3) is 2.02. The lowest BCUT2D eigenvalue weighted by Crippen LogP contribution is -2.70. The van der Waals surface area contributed by atoms with E-state index in [1.165, 1.54) is 6.92 Å². The van der Waals surface area contributed by atoms with E-state index in [0.717, 1.165) is 7.11 Å². The third-order valence-electron chi connectivity index (χ3n) is 2.04. The van der Waals surface area contributed by atoms with Crippen molar-refractivity contribution in [2.45, 2.75) is 19.0 Å². The molecule has 2 atom stereocenters. The highest BCUT2D eigenvalue weighted by Crippen LogP contribution is 2.22. The van der Waals surface area contributed by atoms with Crippen molar-refractivity contribution in [3.8, 4) is 0 Å². The molecule has 1 fully saturated rings. The topological polar surface area (TPSA) is 113 Å². The second kappa shape index (κ2) is 3.66. The summed E-state index contributed by atoms with van der Waals surface area (Å²) >= 11 is 0. The van der Waals surface area contributed by atoms with Gasteiger partial charge in [-0.3, -0.25) is 9.35 Å². The van der Waals surface area contributed by atoms with Crippen molar-refractivity contribution in [2.24, 2.45) is 0 Å². The Labute approximate surface area is 86.1 Å². The number of hydrogen-bond acceptors (Lipinski definition) is 5. The number of nitrogens with zero attached hydrogens (tertiary/aromatic N) is 1. The van der Waals surface area contributed by atoms with Crippen LogP contribution < -0.4 is 5.32 Å². The Bertz CT molecular complexity index is 390. The van der Waals surface area contributed by atoms with Gasteiger partial charge in [-0.25, -0.2) is 9.10 Å². The van der Waals surface area contributed by atoms with E-state index < -0.39 is 34.4 Å². The van der Waals surface area contributed by atoms with E-state index in [4.69, 9.17) is 4.55 Å². The first-order valence-corrected chi connectivity index (χ1v) is 5.34. The van der Waals surface area contributed by atoms with Gasteiger partial charge in [-0.05, 0) is 6.92 Å². The molecular weight excluding hydrogens is 228 g/mol. The van der Waals surface area contributed by atoms with Gasteiger partial charge in [0.25, 0.3) is 5.91 Å². The van der Waals surface area contributed by atoms with Gasteiger partial charge in [0, 0.05) is 0 Å². The monoisotopic (exact) mass is 238 g/mol. The van der Waals surface area contributed by atoms with E-state index in [9.17, 15) is 18.0 Å². The highest BCUT2D eigenvalue weighted by Gasteiger charge is 2.51. The minimum atomic E-state index is -4.55. The van der Waals surface area contributed by atoms with E-state index in [2.05, 4.69) is 10.1 Å². The largest absolute Gasteiger partial charge is 0.453 e. The molecule has 0 spiro atoms. The number of methoxy groups -OCH3 is 1. The minimum Gasteiger partial charge on any atom is -0.453 e. The van der Waals surface area contributed by atoms with Crippen LogP contribution in [-0.4, -0.2) is 48.5 Å². The molecule has 9 heteroatoms. The lowest BCUT2D eigenvalue weighted by Gasteiger charge is -2.41. The average molecular weight is 238 g/mol. The quantitative estimate of drug-likeness (QED) is 0.459. The molecule has 8 nitrogen and oxygen atoms in total. The van der Waals surface area contributed by atoms with Crippen LogP contribution in [-0.2, 0) is 19.8 Å². The second-order valence-electron chi connectivity index (χ2n) is 2.97. The lowest BCUT2D eigenvalue weighted by atomic mass is 10.0. The summed E-state index contributed by atoms with van der Waals surface area (Å²) in [6.45, 7) is 1.37. The number of β-lactam (4-membered cyclic amide) rings is 1. The highest BCUT2D eigenvalue weighted by molar-refractivity contribution is 7.84. The molecule has 0 saturated carbocycles. The average Bonchev–Trinajstić information content (AvgIpc) is 2.11. The molecule has 0 aromatic rings. The van der Waals surface area contributed by atoms with E-state index in [1.807, 2.05) is 0 Å². The summed E-state index contributed by atoms with van der Waals surface area (Å²) in [7, 11) is -3.43. The molecule has 0 bridgehead atoms. The van der Waals surface area contributed by atoms with Crippen molar-refractivity contribution < 1.29 is 27.3 Å². The molecule has 0 unspecified atom stereocenters. The molecule has 1 saturated heterocycles. The van der Waals surface area contributed by atoms with Crippen molar-refractivity contribution in [3.63, 3.8) is 0 Å². The van der Waals surface area contributed by atoms with E-state index in [0.29, 0.717) is 0 Å². The summed E-state index contributed by atoms with van der Waals surface area (Å²) in [6.07, 6.45) is -0.838. The van der Waals surface area contributed by atoms with E-state index in [-0.39, 0.29) is 4.31 Å². The number of ether oxygens (including phenoxy) is 1. The van der Waals surface area contributed by atoms with Gasteiger partial charge in [0.15, 0.2) is 0 Å². The first-order valence-electron chi connectivity index (χ1n) is 3.94. The molecule has 0 aliphatic carbocycles. The Morgan fingerprint density at radius 3 is 2.47 bits per heavy atom. The summed E-state index contributed by atoms with van der Waals surface area (Å²) in [6, 6.07) is -1.81. The number of nitrogens with one attached hydrogen (secondary N) is 1. The fraction of sp³-hybridized carbons (Fsp3) is 0.667. The summed E-state index contributed by atoms with van der Waals surface area (Å²) in [4.78, 5) is 21.9. The van der Waals surface area contributed by atoms with Gasteiger partial charge < -0.3 is 10.1 Å². The smallest absolute Gasteiger partial charge is 0.407 e. The molecule has 2 amide bonds. The van der Waals surface area contributed by atoms with Crippen LogP contribution in [0.15, 0.2) is 0 Å². The maximum atomic E-state index is 11.2. The van der Waals surface area contributed by atoms with Gasteiger partial charge >= 0.3 is 16.4 Å². The number of hydrogen-bond donors (Lipinski definition) is 2. The van der Waals surface area contributed by atoms with Crippen molar-refractivity contribution in [2.75, 3.05) is 7.11 Å². The van der Waals surface area contributed by atoms with Crippen LogP contribution in [0.3, 0.4) is 0 Å². The molecule has 1 rings (SSSR count). The summed E-state index contributed by atoms with van der Waals surface area (Å²) in [5.41, 5.74) is 0. The zero-order chi connectivity index (χ0) is 11.8. The SMILES string of the molecule is COC(=O)N[C@@H]1C(=O)N(S(=O)(=O)O)[C@H]1C. The van der Waals surface area contributed by atoms with E-state index >= 15 is 0 Å². The van der Waals surface area contributed by atoms with Crippen molar-refractivity contribution in [1.82, 2.24) is 9.62 Å². The van der Waals surface area contributed by atoms with Crippen LogP contribution in [0.2, 0.25) is 0 Å². The number of amides is 2. The molecule has 15 heavy (non-hydrogen) atoms. The normalized spacial score (nSPS) is 25.8. The molecule has 2 N–H and O–H groups in total. The first kappa shape index (κ1) is 11.7. The van der Waals surface area contributed by atoms with Crippen LogP contribution in [0.4, 0.5) is 4.79 Å². The molecule has 86 valence electrons. The van der Waals surface area contributed by atoms with Crippen LogP contribution >= 0.6 is 0 Å². The van der Waals surface area contributed by atoms with Gasteiger partial charge in [-0.2, -0.15) is 8.42 Å². The van der Waals surface area contributed by atoms with Gasteiger partial charge in [0.2, 0.25) is 0 Å². The summed E-state index contributed by atoms with van der Waals surface area (Å²) in [5.74, 6) is -0.893. The fourth-order valence-electron chi connectivity index (χ4n) is 1.29. The van der Waals surface area contributed by atoms with Crippen molar-refractivity contribution in [1.29, 1.82) is 0 Å². The van der Waals surface area contributed by atoms with Crippen molar-refractivity contribution in [3.05, 3.63) is 0 Å². The molecule has 0 aromatic heterocycles. The van der Waals surface area contributed by atoms with Crippen LogP contribution in [0.1, 0.15) is 6.92 Å². The Balaban J connectivity index is 2.71.